The topological polar surface area (TPSA) is 82.2 Å². The van der Waals surface area contributed by atoms with Crippen molar-refractivity contribution in [2.45, 2.75) is 13.0 Å². The predicted octanol–water partition coefficient (Wildman–Crippen LogP) is 2.15. The summed E-state index contributed by atoms with van der Waals surface area (Å²) in [5.74, 6) is -0.332. The maximum atomic E-state index is 13.2. The summed E-state index contributed by atoms with van der Waals surface area (Å²) in [5, 5.41) is 9.18. The number of rotatable bonds is 3. The molecule has 0 spiro atoms. The molecule has 0 aliphatic carbocycles. The molecule has 1 fully saturated rings. The van der Waals surface area contributed by atoms with E-state index < -0.39 is 5.56 Å². The fourth-order valence-corrected chi connectivity index (χ4v) is 3.41. The van der Waals surface area contributed by atoms with E-state index in [1.165, 1.54) is 10.9 Å². The van der Waals surface area contributed by atoms with Crippen LogP contribution in [0.3, 0.4) is 0 Å². The highest BCUT2D eigenvalue weighted by Crippen LogP contribution is 2.21. The Morgan fingerprint density at radius 2 is 2.03 bits per heavy atom. The first-order chi connectivity index (χ1) is 13.9. The van der Waals surface area contributed by atoms with Crippen LogP contribution in [-0.2, 0) is 11.8 Å². The summed E-state index contributed by atoms with van der Waals surface area (Å²) in [5.41, 5.74) is 1.30. The number of morpholine rings is 1. The Morgan fingerprint density at radius 3 is 2.69 bits per heavy atom. The molecule has 29 heavy (non-hydrogen) atoms. The Kier molecular flexibility index (Phi) is 5.21. The molecule has 1 aromatic carbocycles. The summed E-state index contributed by atoms with van der Waals surface area (Å²) in [6.45, 7) is 3.22. The van der Waals surface area contributed by atoms with Gasteiger partial charge in [-0.05, 0) is 25.1 Å². The quantitative estimate of drug-likeness (QED) is 0.657. The van der Waals surface area contributed by atoms with Crippen molar-refractivity contribution < 1.29 is 9.53 Å². The molecule has 9 heteroatoms. The summed E-state index contributed by atoms with van der Waals surface area (Å²) in [4.78, 5) is 28.1. The van der Waals surface area contributed by atoms with E-state index in [9.17, 15) is 9.59 Å². The van der Waals surface area contributed by atoms with E-state index in [0.717, 1.165) is 5.56 Å². The zero-order valence-electron chi connectivity index (χ0n) is 16.1. The number of aryl methyl sites for hydroxylation is 1. The van der Waals surface area contributed by atoms with Gasteiger partial charge in [-0.15, -0.1) is 0 Å². The second-order valence-corrected chi connectivity index (χ2v) is 7.40. The van der Waals surface area contributed by atoms with E-state index in [-0.39, 0.29) is 17.5 Å². The molecule has 0 saturated carbocycles. The van der Waals surface area contributed by atoms with E-state index in [1.807, 2.05) is 6.92 Å². The number of benzene rings is 1. The number of nitrogens with zero attached hydrogens (tertiary/aromatic N) is 5. The van der Waals surface area contributed by atoms with Crippen LogP contribution in [0.2, 0.25) is 5.02 Å². The van der Waals surface area contributed by atoms with Gasteiger partial charge in [-0.1, -0.05) is 23.7 Å². The largest absolute Gasteiger partial charge is 0.377 e. The van der Waals surface area contributed by atoms with Crippen molar-refractivity contribution in [2.75, 3.05) is 19.8 Å². The zero-order chi connectivity index (χ0) is 20.5. The molecule has 4 rings (SSSR count). The van der Waals surface area contributed by atoms with Crippen LogP contribution in [0.15, 0.2) is 47.5 Å². The molecular formula is C20H20ClN5O3. The summed E-state index contributed by atoms with van der Waals surface area (Å²) < 4.78 is 8.21. The monoisotopic (exact) mass is 413 g/mol. The van der Waals surface area contributed by atoms with E-state index in [0.29, 0.717) is 36.2 Å². The first kappa shape index (κ1) is 19.4. The molecule has 0 radical (unpaired) electrons. The third-order valence-corrected chi connectivity index (χ3v) is 5.10. The lowest BCUT2D eigenvalue weighted by Gasteiger charge is -2.33. The van der Waals surface area contributed by atoms with Gasteiger partial charge in [0.25, 0.3) is 11.5 Å². The van der Waals surface area contributed by atoms with Crippen molar-refractivity contribution in [1.82, 2.24) is 24.5 Å². The lowest BCUT2D eigenvalue weighted by atomic mass is 10.1. The highest BCUT2D eigenvalue weighted by molar-refractivity contribution is 6.30. The van der Waals surface area contributed by atoms with Crippen LogP contribution >= 0.6 is 11.6 Å². The van der Waals surface area contributed by atoms with E-state index in [1.54, 1.807) is 53.2 Å². The number of hydrogen-bond acceptors (Lipinski definition) is 5. The molecule has 3 aromatic rings. The zero-order valence-corrected chi connectivity index (χ0v) is 16.8. The number of hydrogen-bond donors (Lipinski definition) is 0. The molecule has 1 saturated heterocycles. The highest BCUT2D eigenvalue weighted by atomic mass is 35.5. The summed E-state index contributed by atoms with van der Waals surface area (Å²) in [6, 6.07) is 8.51. The minimum atomic E-state index is -0.487. The molecular weight excluding hydrogens is 394 g/mol. The predicted molar refractivity (Wildman–Crippen MR) is 108 cm³/mol. The average Bonchev–Trinajstić information content (AvgIpc) is 3.15. The van der Waals surface area contributed by atoms with Gasteiger partial charge in [0.15, 0.2) is 0 Å². The number of amides is 1. The number of ether oxygens (including phenoxy) is 1. The minimum Gasteiger partial charge on any atom is -0.377 e. The molecule has 1 aliphatic heterocycles. The Hall–Kier alpha value is -2.97. The fraction of sp³-hybridized carbons (Fsp3) is 0.300. The van der Waals surface area contributed by atoms with Crippen molar-refractivity contribution in [3.8, 4) is 16.9 Å². The van der Waals surface area contributed by atoms with Crippen molar-refractivity contribution in [2.24, 2.45) is 7.05 Å². The standard InChI is InChI=1S/C20H20ClN5O3/c1-13-12-29-8-7-25(13)19(27)17-9-18(14-3-5-15(21)6-4-14)23-26(20(17)28)16-10-22-24(2)11-16/h3-6,9-11,13H,7-8,12H2,1-2H3/t13-/m0/s1. The van der Waals surface area contributed by atoms with Gasteiger partial charge in [0.1, 0.15) is 11.3 Å². The summed E-state index contributed by atoms with van der Waals surface area (Å²) in [7, 11) is 1.75. The third kappa shape index (κ3) is 3.81. The van der Waals surface area contributed by atoms with E-state index in [2.05, 4.69) is 10.2 Å². The number of carbonyl (C=O) groups is 1. The molecule has 0 bridgehead atoms. The fourth-order valence-electron chi connectivity index (χ4n) is 3.29. The Labute approximate surface area is 172 Å². The van der Waals surface area contributed by atoms with Crippen LogP contribution in [-0.4, -0.2) is 56.2 Å². The van der Waals surface area contributed by atoms with Crippen LogP contribution in [0.25, 0.3) is 16.9 Å². The summed E-state index contributed by atoms with van der Waals surface area (Å²) >= 11 is 5.99. The van der Waals surface area contributed by atoms with Crippen molar-refractivity contribution in [1.29, 1.82) is 0 Å². The van der Waals surface area contributed by atoms with Gasteiger partial charge in [0.2, 0.25) is 0 Å². The van der Waals surface area contributed by atoms with Gasteiger partial charge < -0.3 is 9.64 Å². The average molecular weight is 414 g/mol. The Morgan fingerprint density at radius 1 is 1.28 bits per heavy atom. The van der Waals surface area contributed by atoms with Gasteiger partial charge in [0.05, 0.1) is 37.3 Å². The van der Waals surface area contributed by atoms with E-state index >= 15 is 0 Å². The number of halogens is 1. The van der Waals surface area contributed by atoms with Crippen LogP contribution in [0, 0.1) is 0 Å². The number of aromatic nitrogens is 4. The lowest BCUT2D eigenvalue weighted by Crippen LogP contribution is -2.48. The van der Waals surface area contributed by atoms with Crippen LogP contribution in [0.5, 0.6) is 0 Å². The summed E-state index contributed by atoms with van der Waals surface area (Å²) in [6.07, 6.45) is 3.21. The first-order valence-corrected chi connectivity index (χ1v) is 9.60. The molecule has 1 atom stereocenters. The molecule has 0 unspecified atom stereocenters. The van der Waals surface area contributed by atoms with Crippen molar-refractivity contribution >= 4 is 17.5 Å². The molecule has 0 N–H and O–H groups in total. The van der Waals surface area contributed by atoms with Crippen LogP contribution in [0.4, 0.5) is 0 Å². The van der Waals surface area contributed by atoms with E-state index in [4.69, 9.17) is 16.3 Å². The minimum absolute atomic E-state index is 0.0579. The maximum absolute atomic E-state index is 13.2. The molecule has 150 valence electrons. The highest BCUT2D eigenvalue weighted by Gasteiger charge is 2.28. The second-order valence-electron chi connectivity index (χ2n) is 6.96. The second kappa shape index (κ2) is 7.81. The van der Waals surface area contributed by atoms with Crippen LogP contribution < -0.4 is 5.56 Å². The molecule has 8 nitrogen and oxygen atoms in total. The molecule has 3 heterocycles. The van der Waals surface area contributed by atoms with Gasteiger partial charge in [0, 0.05) is 24.2 Å². The lowest BCUT2D eigenvalue weighted by molar-refractivity contribution is 0.00346. The van der Waals surface area contributed by atoms with Gasteiger partial charge >= 0.3 is 0 Å². The van der Waals surface area contributed by atoms with Crippen molar-refractivity contribution in [3.05, 3.63) is 63.7 Å². The Balaban J connectivity index is 1.87. The molecule has 1 amide bonds. The molecule has 1 aliphatic rings. The normalized spacial score (nSPS) is 16.8. The van der Waals surface area contributed by atoms with Gasteiger partial charge in [-0.25, -0.2) is 0 Å². The smallest absolute Gasteiger partial charge is 0.284 e. The number of carbonyl (C=O) groups excluding carboxylic acids is 1. The van der Waals surface area contributed by atoms with Gasteiger partial charge in [-0.3, -0.25) is 14.3 Å². The third-order valence-electron chi connectivity index (χ3n) is 4.85. The SMILES string of the molecule is C[C@H]1COCCN1C(=O)c1cc(-c2ccc(Cl)cc2)nn(-c2cnn(C)c2)c1=O. The van der Waals surface area contributed by atoms with Gasteiger partial charge in [-0.2, -0.15) is 14.9 Å². The van der Waals surface area contributed by atoms with Crippen LogP contribution in [0.1, 0.15) is 17.3 Å². The maximum Gasteiger partial charge on any atom is 0.284 e. The molecule has 2 aromatic heterocycles. The van der Waals surface area contributed by atoms with Crippen molar-refractivity contribution in [3.63, 3.8) is 0 Å². The Bertz CT molecular complexity index is 1110. The first-order valence-electron chi connectivity index (χ1n) is 9.22.